The highest BCUT2D eigenvalue weighted by Gasteiger charge is 2.17. The third kappa shape index (κ3) is 3.88. The van der Waals surface area contributed by atoms with Crippen molar-refractivity contribution in [3.63, 3.8) is 0 Å². The standard InChI is InChI=1S/C16H20N2O2S2/c1-12-5-6-13(2)14(9-12)11-21-16-8-7-15(10-17-16)22(19,20)18(3)4/h5-10H,11H2,1-4H3. The van der Waals surface area contributed by atoms with Crippen LogP contribution in [0.5, 0.6) is 0 Å². The molecule has 1 heterocycles. The maximum Gasteiger partial charge on any atom is 0.244 e. The van der Waals surface area contributed by atoms with Gasteiger partial charge in [0.1, 0.15) is 4.90 Å². The first-order chi connectivity index (χ1) is 10.3. The van der Waals surface area contributed by atoms with E-state index in [1.807, 2.05) is 0 Å². The summed E-state index contributed by atoms with van der Waals surface area (Å²) in [5.74, 6) is 0.820. The summed E-state index contributed by atoms with van der Waals surface area (Å²) in [6.45, 7) is 4.17. The molecule has 0 saturated heterocycles. The molecule has 0 fully saturated rings. The van der Waals surface area contributed by atoms with Crippen LogP contribution in [-0.4, -0.2) is 31.8 Å². The third-order valence-electron chi connectivity index (χ3n) is 3.37. The molecule has 2 rings (SSSR count). The molecule has 2 aromatic rings. The number of aromatic nitrogens is 1. The quantitative estimate of drug-likeness (QED) is 0.787. The fraction of sp³-hybridized carbons (Fsp3) is 0.312. The number of sulfonamides is 1. The second-order valence-electron chi connectivity index (χ2n) is 5.34. The normalized spacial score (nSPS) is 11.9. The highest BCUT2D eigenvalue weighted by atomic mass is 32.2. The Bertz CT molecular complexity index is 754. The minimum Gasteiger partial charge on any atom is -0.249 e. The molecule has 0 aliphatic heterocycles. The van der Waals surface area contributed by atoms with Gasteiger partial charge in [0, 0.05) is 26.0 Å². The Balaban J connectivity index is 2.11. The fourth-order valence-electron chi connectivity index (χ4n) is 1.92. The van der Waals surface area contributed by atoms with Gasteiger partial charge in [-0.2, -0.15) is 0 Å². The van der Waals surface area contributed by atoms with Crippen molar-refractivity contribution in [2.75, 3.05) is 14.1 Å². The van der Waals surface area contributed by atoms with Gasteiger partial charge in [-0.05, 0) is 37.1 Å². The summed E-state index contributed by atoms with van der Waals surface area (Å²) in [5.41, 5.74) is 3.77. The van der Waals surface area contributed by atoms with E-state index in [0.29, 0.717) is 0 Å². The highest BCUT2D eigenvalue weighted by molar-refractivity contribution is 7.98. The maximum absolute atomic E-state index is 12.0. The van der Waals surface area contributed by atoms with Gasteiger partial charge in [-0.15, -0.1) is 11.8 Å². The van der Waals surface area contributed by atoms with E-state index in [1.54, 1.807) is 23.9 Å². The Morgan fingerprint density at radius 1 is 1.14 bits per heavy atom. The van der Waals surface area contributed by atoms with Crippen molar-refractivity contribution >= 4 is 21.8 Å². The molecule has 0 amide bonds. The van der Waals surface area contributed by atoms with Crippen LogP contribution in [0.15, 0.2) is 46.5 Å². The van der Waals surface area contributed by atoms with E-state index in [1.165, 1.54) is 41.3 Å². The molecule has 1 aromatic heterocycles. The third-order valence-corrected chi connectivity index (χ3v) is 6.16. The van der Waals surface area contributed by atoms with Gasteiger partial charge in [-0.25, -0.2) is 17.7 Å². The Morgan fingerprint density at radius 2 is 1.86 bits per heavy atom. The molecular weight excluding hydrogens is 316 g/mol. The van der Waals surface area contributed by atoms with Gasteiger partial charge in [0.25, 0.3) is 0 Å². The molecule has 0 aliphatic carbocycles. The van der Waals surface area contributed by atoms with Crippen LogP contribution in [0.3, 0.4) is 0 Å². The lowest BCUT2D eigenvalue weighted by Gasteiger charge is -2.11. The minimum atomic E-state index is -3.41. The predicted molar refractivity (Wildman–Crippen MR) is 90.6 cm³/mol. The second kappa shape index (κ2) is 6.81. The topological polar surface area (TPSA) is 50.3 Å². The fourth-order valence-corrected chi connectivity index (χ4v) is 3.68. The van der Waals surface area contributed by atoms with E-state index in [9.17, 15) is 8.42 Å². The van der Waals surface area contributed by atoms with Crippen LogP contribution < -0.4 is 0 Å². The molecule has 0 radical (unpaired) electrons. The van der Waals surface area contributed by atoms with Crippen molar-refractivity contribution in [1.29, 1.82) is 0 Å². The van der Waals surface area contributed by atoms with E-state index in [-0.39, 0.29) is 4.90 Å². The van der Waals surface area contributed by atoms with Gasteiger partial charge >= 0.3 is 0 Å². The summed E-state index contributed by atoms with van der Waals surface area (Å²) in [6, 6.07) is 9.75. The van der Waals surface area contributed by atoms with Crippen LogP contribution in [-0.2, 0) is 15.8 Å². The number of aryl methyl sites for hydroxylation is 2. The number of rotatable bonds is 5. The number of benzene rings is 1. The van der Waals surface area contributed by atoms with Crippen LogP contribution in [0.25, 0.3) is 0 Å². The summed E-state index contributed by atoms with van der Waals surface area (Å²) < 4.78 is 25.2. The number of nitrogens with zero attached hydrogens (tertiary/aromatic N) is 2. The van der Waals surface area contributed by atoms with E-state index < -0.39 is 10.0 Å². The lowest BCUT2D eigenvalue weighted by molar-refractivity contribution is 0.520. The van der Waals surface area contributed by atoms with Gasteiger partial charge in [0.05, 0.1) is 5.03 Å². The Morgan fingerprint density at radius 3 is 2.45 bits per heavy atom. The molecule has 6 heteroatoms. The molecule has 4 nitrogen and oxygen atoms in total. The summed E-state index contributed by atoms with van der Waals surface area (Å²) in [4.78, 5) is 4.47. The average Bonchev–Trinajstić information content (AvgIpc) is 2.48. The first kappa shape index (κ1) is 17.0. The highest BCUT2D eigenvalue weighted by Crippen LogP contribution is 2.24. The van der Waals surface area contributed by atoms with E-state index in [0.717, 1.165) is 10.8 Å². The molecule has 0 aliphatic rings. The minimum absolute atomic E-state index is 0.216. The number of pyridine rings is 1. The van der Waals surface area contributed by atoms with Crippen molar-refractivity contribution in [3.8, 4) is 0 Å². The van der Waals surface area contributed by atoms with Crippen molar-refractivity contribution in [1.82, 2.24) is 9.29 Å². The average molecular weight is 336 g/mol. The van der Waals surface area contributed by atoms with Gasteiger partial charge in [-0.1, -0.05) is 23.8 Å². The first-order valence-electron chi connectivity index (χ1n) is 6.88. The molecule has 0 atom stereocenters. The zero-order valence-electron chi connectivity index (χ0n) is 13.2. The number of thioether (sulfide) groups is 1. The molecule has 0 N–H and O–H groups in total. The molecule has 1 aromatic carbocycles. The smallest absolute Gasteiger partial charge is 0.244 e. The summed E-state index contributed by atoms with van der Waals surface area (Å²) in [5, 5.41) is 0.818. The van der Waals surface area contributed by atoms with Crippen molar-refractivity contribution in [3.05, 3.63) is 53.2 Å². The monoisotopic (exact) mass is 336 g/mol. The number of hydrogen-bond donors (Lipinski definition) is 0. The summed E-state index contributed by atoms with van der Waals surface area (Å²) in [6.07, 6.45) is 1.42. The van der Waals surface area contributed by atoms with Crippen LogP contribution in [0.1, 0.15) is 16.7 Å². The summed E-state index contributed by atoms with van der Waals surface area (Å²) >= 11 is 1.60. The summed E-state index contributed by atoms with van der Waals surface area (Å²) in [7, 11) is -0.387. The lowest BCUT2D eigenvalue weighted by atomic mass is 10.1. The van der Waals surface area contributed by atoms with Gasteiger partial charge < -0.3 is 0 Å². The van der Waals surface area contributed by atoms with Crippen LogP contribution in [0.2, 0.25) is 0 Å². The van der Waals surface area contributed by atoms with Crippen LogP contribution in [0.4, 0.5) is 0 Å². The molecule has 0 spiro atoms. The zero-order valence-corrected chi connectivity index (χ0v) is 14.8. The lowest BCUT2D eigenvalue weighted by Crippen LogP contribution is -2.22. The SMILES string of the molecule is Cc1ccc(C)c(CSc2ccc(S(=O)(=O)N(C)C)cn2)c1. The van der Waals surface area contributed by atoms with Gasteiger partial charge in [0.15, 0.2) is 0 Å². The predicted octanol–water partition coefficient (Wildman–Crippen LogP) is 3.24. The second-order valence-corrected chi connectivity index (χ2v) is 8.49. The molecular formula is C16H20N2O2S2. The van der Waals surface area contributed by atoms with E-state index in [4.69, 9.17) is 0 Å². The Labute approximate surface area is 136 Å². The molecule has 0 bridgehead atoms. The largest absolute Gasteiger partial charge is 0.249 e. The van der Waals surface area contributed by atoms with Crippen molar-refractivity contribution < 1.29 is 8.42 Å². The van der Waals surface area contributed by atoms with Crippen molar-refractivity contribution in [2.45, 2.75) is 29.5 Å². The molecule has 0 unspecified atom stereocenters. The molecule has 22 heavy (non-hydrogen) atoms. The Hall–Kier alpha value is -1.37. The molecule has 118 valence electrons. The molecule has 0 saturated carbocycles. The maximum atomic E-state index is 12.0. The van der Waals surface area contributed by atoms with E-state index in [2.05, 4.69) is 37.0 Å². The number of hydrogen-bond acceptors (Lipinski definition) is 4. The van der Waals surface area contributed by atoms with E-state index >= 15 is 0 Å². The van der Waals surface area contributed by atoms with Gasteiger partial charge in [-0.3, -0.25) is 0 Å². The van der Waals surface area contributed by atoms with Crippen LogP contribution >= 0.6 is 11.8 Å². The Kier molecular flexibility index (Phi) is 5.26. The zero-order chi connectivity index (χ0) is 16.3. The van der Waals surface area contributed by atoms with Crippen molar-refractivity contribution in [2.24, 2.45) is 0 Å². The first-order valence-corrected chi connectivity index (χ1v) is 9.31. The van der Waals surface area contributed by atoms with Crippen LogP contribution in [0, 0.1) is 13.8 Å². The van der Waals surface area contributed by atoms with Gasteiger partial charge in [0.2, 0.25) is 10.0 Å².